The number of benzene rings is 1. The molecule has 0 aliphatic carbocycles. The summed E-state index contributed by atoms with van der Waals surface area (Å²) in [6.07, 6.45) is 1.47. The Labute approximate surface area is 79.8 Å². The molecule has 0 aliphatic rings. The molecule has 0 amide bonds. The van der Waals surface area contributed by atoms with Crippen molar-refractivity contribution in [1.29, 1.82) is 0 Å². The van der Waals surface area contributed by atoms with Gasteiger partial charge in [-0.25, -0.2) is 9.37 Å². The molecule has 2 aromatic rings. The summed E-state index contributed by atoms with van der Waals surface area (Å²) in [4.78, 5) is 3.84. The highest BCUT2D eigenvalue weighted by Crippen LogP contribution is 2.30. The van der Waals surface area contributed by atoms with Crippen molar-refractivity contribution in [2.75, 3.05) is 0 Å². The van der Waals surface area contributed by atoms with Crippen molar-refractivity contribution in [2.45, 2.75) is 6.92 Å². The van der Waals surface area contributed by atoms with Crippen molar-refractivity contribution in [3.8, 4) is 17.2 Å². The minimum atomic E-state index is -0.549. The zero-order valence-electron chi connectivity index (χ0n) is 7.49. The van der Waals surface area contributed by atoms with Crippen molar-refractivity contribution in [1.82, 2.24) is 4.98 Å². The minimum absolute atomic E-state index is 0.000556. The van der Waals surface area contributed by atoms with Gasteiger partial charge in [-0.2, -0.15) is 0 Å². The minimum Gasteiger partial charge on any atom is -0.507 e. The van der Waals surface area contributed by atoms with E-state index in [0.717, 1.165) is 0 Å². The van der Waals surface area contributed by atoms with Crippen molar-refractivity contribution in [3.63, 3.8) is 0 Å². The summed E-state index contributed by atoms with van der Waals surface area (Å²) >= 11 is 0. The van der Waals surface area contributed by atoms with E-state index in [0.29, 0.717) is 5.76 Å². The number of oxazole rings is 1. The number of hydrogen-bond donors (Lipinski definition) is 1. The molecule has 0 spiro atoms. The first-order chi connectivity index (χ1) is 6.68. The zero-order chi connectivity index (χ0) is 10.1. The molecule has 0 fully saturated rings. The predicted octanol–water partition coefficient (Wildman–Crippen LogP) is 2.49. The molecule has 0 saturated carbocycles. The van der Waals surface area contributed by atoms with Crippen LogP contribution in [0, 0.1) is 12.7 Å². The molecule has 0 radical (unpaired) electrons. The molecule has 0 aliphatic heterocycles. The largest absolute Gasteiger partial charge is 0.507 e. The fourth-order valence-electron chi connectivity index (χ4n) is 1.19. The zero-order valence-corrected chi connectivity index (χ0v) is 7.49. The van der Waals surface area contributed by atoms with Gasteiger partial charge in [0, 0.05) is 0 Å². The van der Waals surface area contributed by atoms with E-state index in [2.05, 4.69) is 4.98 Å². The van der Waals surface area contributed by atoms with E-state index in [1.807, 2.05) is 0 Å². The molecule has 0 atom stereocenters. The maximum Gasteiger partial charge on any atom is 0.232 e. The maximum atomic E-state index is 13.3. The number of phenols is 1. The summed E-state index contributed by atoms with van der Waals surface area (Å²) in [6.45, 7) is 1.70. The molecule has 2 rings (SSSR count). The molecule has 1 aromatic carbocycles. The number of aryl methyl sites for hydroxylation is 1. The SMILES string of the molecule is Cc1cnc(-c2c(O)cccc2F)o1. The Balaban J connectivity index is 2.61. The standard InChI is InChI=1S/C10H8FNO2/c1-6-5-12-10(14-6)9-7(11)3-2-4-8(9)13/h2-5,13H,1H3. The lowest BCUT2D eigenvalue weighted by Gasteiger charge is -2.00. The average Bonchev–Trinajstić information content (AvgIpc) is 2.51. The molecule has 14 heavy (non-hydrogen) atoms. The highest BCUT2D eigenvalue weighted by atomic mass is 19.1. The van der Waals surface area contributed by atoms with Crippen LogP contribution in [0.3, 0.4) is 0 Å². The van der Waals surface area contributed by atoms with Crippen LogP contribution >= 0.6 is 0 Å². The van der Waals surface area contributed by atoms with E-state index >= 15 is 0 Å². The van der Waals surface area contributed by atoms with Gasteiger partial charge in [-0.15, -0.1) is 0 Å². The van der Waals surface area contributed by atoms with Crippen LogP contribution < -0.4 is 0 Å². The number of hydrogen-bond acceptors (Lipinski definition) is 3. The Morgan fingerprint density at radius 2 is 2.21 bits per heavy atom. The summed E-state index contributed by atoms with van der Waals surface area (Å²) < 4.78 is 18.4. The Bertz CT molecular complexity index is 445. The van der Waals surface area contributed by atoms with E-state index in [-0.39, 0.29) is 17.2 Å². The van der Waals surface area contributed by atoms with Crippen LogP contribution in [0.4, 0.5) is 4.39 Å². The second-order valence-corrected chi connectivity index (χ2v) is 2.91. The van der Waals surface area contributed by atoms with Crippen LogP contribution in [0.5, 0.6) is 5.75 Å². The smallest absolute Gasteiger partial charge is 0.232 e. The molecule has 0 saturated heterocycles. The number of aromatic hydroxyl groups is 1. The number of halogens is 1. The van der Waals surface area contributed by atoms with E-state index in [4.69, 9.17) is 4.42 Å². The van der Waals surface area contributed by atoms with Gasteiger partial charge in [-0.1, -0.05) is 6.07 Å². The Kier molecular flexibility index (Phi) is 1.96. The van der Waals surface area contributed by atoms with Gasteiger partial charge >= 0.3 is 0 Å². The lowest BCUT2D eigenvalue weighted by Crippen LogP contribution is -1.84. The van der Waals surface area contributed by atoms with Gasteiger partial charge < -0.3 is 9.52 Å². The lowest BCUT2D eigenvalue weighted by atomic mass is 10.2. The summed E-state index contributed by atoms with van der Waals surface area (Å²) in [5.41, 5.74) is 0.000556. The van der Waals surface area contributed by atoms with E-state index < -0.39 is 5.82 Å². The van der Waals surface area contributed by atoms with Crippen LogP contribution in [0.25, 0.3) is 11.5 Å². The van der Waals surface area contributed by atoms with Crippen LogP contribution in [0.1, 0.15) is 5.76 Å². The van der Waals surface area contributed by atoms with Crippen molar-refractivity contribution in [3.05, 3.63) is 36.0 Å². The summed E-state index contributed by atoms with van der Waals surface area (Å²) in [5.74, 6) is -0.0561. The van der Waals surface area contributed by atoms with Gasteiger partial charge in [0.25, 0.3) is 0 Å². The third kappa shape index (κ3) is 1.35. The topological polar surface area (TPSA) is 46.3 Å². The van der Waals surface area contributed by atoms with Gasteiger partial charge in [0.05, 0.1) is 6.20 Å². The molecule has 4 heteroatoms. The number of aromatic nitrogens is 1. The second kappa shape index (κ2) is 3.14. The Hall–Kier alpha value is -1.84. The van der Waals surface area contributed by atoms with Crippen molar-refractivity contribution >= 4 is 0 Å². The van der Waals surface area contributed by atoms with E-state index in [1.165, 1.54) is 24.4 Å². The second-order valence-electron chi connectivity index (χ2n) is 2.91. The monoisotopic (exact) mass is 193 g/mol. The molecule has 1 N–H and O–H groups in total. The Morgan fingerprint density at radius 1 is 1.43 bits per heavy atom. The van der Waals surface area contributed by atoms with E-state index in [1.54, 1.807) is 6.92 Å². The highest BCUT2D eigenvalue weighted by molar-refractivity contribution is 5.62. The van der Waals surface area contributed by atoms with Gasteiger partial charge in [-0.05, 0) is 19.1 Å². The average molecular weight is 193 g/mol. The third-order valence-electron chi connectivity index (χ3n) is 1.83. The van der Waals surface area contributed by atoms with Crippen LogP contribution in [0.15, 0.2) is 28.8 Å². The predicted molar refractivity (Wildman–Crippen MR) is 48.3 cm³/mol. The summed E-state index contributed by atoms with van der Waals surface area (Å²) in [7, 11) is 0. The molecule has 72 valence electrons. The third-order valence-corrected chi connectivity index (χ3v) is 1.83. The number of nitrogens with zero attached hydrogens (tertiary/aromatic N) is 1. The molecule has 0 unspecified atom stereocenters. The molecule has 3 nitrogen and oxygen atoms in total. The van der Waals surface area contributed by atoms with E-state index in [9.17, 15) is 9.50 Å². The van der Waals surface area contributed by atoms with Crippen LogP contribution in [-0.2, 0) is 0 Å². The molecule has 1 heterocycles. The number of rotatable bonds is 1. The fraction of sp³-hybridized carbons (Fsp3) is 0.100. The Morgan fingerprint density at radius 3 is 2.79 bits per heavy atom. The quantitative estimate of drug-likeness (QED) is 0.756. The van der Waals surface area contributed by atoms with Crippen molar-refractivity contribution in [2.24, 2.45) is 0 Å². The van der Waals surface area contributed by atoms with Gasteiger partial charge in [0.15, 0.2) is 0 Å². The first kappa shape index (κ1) is 8.74. The first-order valence-corrected chi connectivity index (χ1v) is 4.09. The molecule has 1 aromatic heterocycles. The maximum absolute atomic E-state index is 13.3. The van der Waals surface area contributed by atoms with Gasteiger partial charge in [0.2, 0.25) is 5.89 Å². The normalized spacial score (nSPS) is 10.4. The van der Waals surface area contributed by atoms with Crippen LogP contribution in [-0.4, -0.2) is 10.1 Å². The fourth-order valence-corrected chi connectivity index (χ4v) is 1.19. The lowest BCUT2D eigenvalue weighted by molar-refractivity contribution is 0.464. The highest BCUT2D eigenvalue weighted by Gasteiger charge is 2.14. The van der Waals surface area contributed by atoms with Crippen molar-refractivity contribution < 1.29 is 13.9 Å². The van der Waals surface area contributed by atoms with Crippen LogP contribution in [0.2, 0.25) is 0 Å². The number of phenolic OH excluding ortho intramolecular Hbond substituents is 1. The molecule has 0 bridgehead atoms. The summed E-state index contributed by atoms with van der Waals surface area (Å²) in [6, 6.07) is 4.05. The van der Waals surface area contributed by atoms with Gasteiger partial charge in [0.1, 0.15) is 22.9 Å². The first-order valence-electron chi connectivity index (χ1n) is 4.09. The molecular formula is C10H8FNO2. The van der Waals surface area contributed by atoms with Gasteiger partial charge in [-0.3, -0.25) is 0 Å². The molecular weight excluding hydrogens is 185 g/mol. The summed E-state index contributed by atoms with van der Waals surface area (Å²) in [5, 5.41) is 9.41.